The van der Waals surface area contributed by atoms with E-state index >= 15 is 0 Å². The molecule has 2 aromatic rings. The van der Waals surface area contributed by atoms with Crippen molar-refractivity contribution in [2.24, 2.45) is 0 Å². The molecule has 0 saturated carbocycles. The molecule has 3 rings (SSSR count). The van der Waals surface area contributed by atoms with Crippen molar-refractivity contribution in [2.45, 2.75) is 38.6 Å². The summed E-state index contributed by atoms with van der Waals surface area (Å²) in [6.07, 6.45) is 3.24. The summed E-state index contributed by atoms with van der Waals surface area (Å²) in [7, 11) is 0. The lowest BCUT2D eigenvalue weighted by Crippen LogP contribution is -2.14. The van der Waals surface area contributed by atoms with Gasteiger partial charge in [0.1, 0.15) is 5.82 Å². The van der Waals surface area contributed by atoms with Crippen molar-refractivity contribution in [2.75, 3.05) is 0 Å². The Bertz CT molecular complexity index is 562. The lowest BCUT2D eigenvalue weighted by molar-refractivity contribution is 0.431. The second kappa shape index (κ2) is 4.84. The van der Waals surface area contributed by atoms with Crippen LogP contribution in [0.3, 0.4) is 0 Å². The van der Waals surface area contributed by atoms with Crippen molar-refractivity contribution in [3.8, 4) is 0 Å². The van der Waals surface area contributed by atoms with Crippen molar-refractivity contribution in [1.82, 2.24) is 14.8 Å². The van der Waals surface area contributed by atoms with E-state index in [1.165, 1.54) is 18.4 Å². The Kier molecular flexibility index (Phi) is 3.20. The molecule has 1 aromatic heterocycles. The monoisotopic (exact) mass is 305 g/mol. The first-order chi connectivity index (χ1) is 8.74. The highest BCUT2D eigenvalue weighted by Gasteiger charge is 2.20. The van der Waals surface area contributed by atoms with Crippen LogP contribution in [0.2, 0.25) is 0 Å². The minimum atomic E-state index is 0.541. The van der Waals surface area contributed by atoms with Gasteiger partial charge in [0.05, 0.1) is 0 Å². The average molecular weight is 306 g/mol. The highest BCUT2D eigenvalue weighted by molar-refractivity contribution is 9.10. The molecule has 1 aliphatic rings. The van der Waals surface area contributed by atoms with Gasteiger partial charge in [-0.15, -0.1) is 0 Å². The molecule has 2 heterocycles. The fourth-order valence-corrected chi connectivity index (χ4v) is 2.92. The summed E-state index contributed by atoms with van der Waals surface area (Å²) in [6.45, 7) is 3.25. The first-order valence-corrected chi connectivity index (χ1v) is 7.20. The number of hydrogen-bond acceptors (Lipinski definition) is 2. The van der Waals surface area contributed by atoms with E-state index in [0.717, 1.165) is 29.1 Å². The van der Waals surface area contributed by atoms with E-state index in [4.69, 9.17) is 4.98 Å². The van der Waals surface area contributed by atoms with E-state index in [0.29, 0.717) is 5.92 Å². The maximum Gasteiger partial charge on any atom is 0.155 e. The predicted octanol–water partition coefficient (Wildman–Crippen LogP) is 3.53. The summed E-state index contributed by atoms with van der Waals surface area (Å²) < 4.78 is 3.21. The van der Waals surface area contributed by atoms with Crippen LogP contribution in [0, 0.1) is 0 Å². The van der Waals surface area contributed by atoms with Crippen LogP contribution in [0.15, 0.2) is 28.7 Å². The third kappa shape index (κ3) is 2.21. The Morgan fingerprint density at radius 2 is 2.22 bits per heavy atom. The van der Waals surface area contributed by atoms with Crippen LogP contribution in [0.4, 0.5) is 0 Å². The van der Waals surface area contributed by atoms with Gasteiger partial charge in [-0.3, -0.25) is 0 Å². The highest BCUT2D eigenvalue weighted by atomic mass is 79.9. The molecule has 0 aliphatic carbocycles. The van der Waals surface area contributed by atoms with Gasteiger partial charge in [-0.2, -0.15) is 5.10 Å². The summed E-state index contributed by atoms with van der Waals surface area (Å²) in [4.78, 5) is 4.70. The smallest absolute Gasteiger partial charge is 0.155 e. The summed E-state index contributed by atoms with van der Waals surface area (Å²) in [5, 5.41) is 4.62. The molecular formula is C14H16BrN3. The van der Waals surface area contributed by atoms with E-state index in [-0.39, 0.29) is 0 Å². The Balaban J connectivity index is 1.88. The second-order valence-electron chi connectivity index (χ2n) is 4.92. The summed E-state index contributed by atoms with van der Waals surface area (Å²) in [5.74, 6) is 2.63. The molecule has 3 nitrogen and oxygen atoms in total. The van der Waals surface area contributed by atoms with Crippen LogP contribution in [-0.4, -0.2) is 14.8 Å². The van der Waals surface area contributed by atoms with Gasteiger partial charge in [-0.25, -0.2) is 9.67 Å². The Morgan fingerprint density at radius 1 is 1.39 bits per heavy atom. The average Bonchev–Trinajstić information content (AvgIpc) is 2.76. The third-order valence-corrected chi connectivity index (χ3v) is 4.27. The van der Waals surface area contributed by atoms with Crippen molar-refractivity contribution in [3.05, 3.63) is 46.0 Å². The van der Waals surface area contributed by atoms with Gasteiger partial charge < -0.3 is 0 Å². The van der Waals surface area contributed by atoms with Crippen LogP contribution in [0.25, 0.3) is 0 Å². The van der Waals surface area contributed by atoms with Crippen LogP contribution in [0.1, 0.15) is 42.9 Å². The first kappa shape index (κ1) is 11.9. The third-order valence-electron chi connectivity index (χ3n) is 3.50. The van der Waals surface area contributed by atoms with Crippen molar-refractivity contribution in [3.63, 3.8) is 0 Å². The normalized spacial score (nSPS) is 18.7. The van der Waals surface area contributed by atoms with Crippen LogP contribution in [0.5, 0.6) is 0 Å². The zero-order valence-corrected chi connectivity index (χ0v) is 12.0. The molecule has 0 fully saturated rings. The van der Waals surface area contributed by atoms with E-state index in [2.05, 4.69) is 50.8 Å². The van der Waals surface area contributed by atoms with Crippen LogP contribution < -0.4 is 0 Å². The molecule has 1 aromatic carbocycles. The number of nitrogens with zero attached hydrogens (tertiary/aromatic N) is 3. The molecule has 4 heteroatoms. The lowest BCUT2D eigenvalue weighted by atomic mass is 10.0. The SMILES string of the molecule is CC1CCCn2nc(Cc3ccccc3Br)nc21. The quantitative estimate of drug-likeness (QED) is 0.850. The molecule has 0 bridgehead atoms. The molecule has 0 spiro atoms. The molecular weight excluding hydrogens is 290 g/mol. The molecule has 94 valence electrons. The summed E-state index contributed by atoms with van der Waals surface area (Å²) >= 11 is 3.58. The van der Waals surface area contributed by atoms with E-state index in [1.54, 1.807) is 0 Å². The minimum absolute atomic E-state index is 0.541. The molecule has 0 saturated heterocycles. The maximum atomic E-state index is 4.70. The Labute approximate surface area is 115 Å². The van der Waals surface area contributed by atoms with Gasteiger partial charge in [-0.05, 0) is 24.5 Å². The number of benzene rings is 1. The van der Waals surface area contributed by atoms with Gasteiger partial charge in [0, 0.05) is 23.4 Å². The Hall–Kier alpha value is -1.16. The van der Waals surface area contributed by atoms with Crippen molar-refractivity contribution < 1.29 is 0 Å². The van der Waals surface area contributed by atoms with E-state index < -0.39 is 0 Å². The number of hydrogen-bond donors (Lipinski definition) is 0. The number of aryl methyl sites for hydroxylation is 1. The molecule has 18 heavy (non-hydrogen) atoms. The molecule has 0 radical (unpaired) electrons. The number of halogens is 1. The highest BCUT2D eigenvalue weighted by Crippen LogP contribution is 2.25. The Morgan fingerprint density at radius 3 is 3.00 bits per heavy atom. The second-order valence-corrected chi connectivity index (χ2v) is 5.78. The number of rotatable bonds is 2. The van der Waals surface area contributed by atoms with Crippen molar-refractivity contribution >= 4 is 15.9 Å². The molecule has 1 atom stereocenters. The van der Waals surface area contributed by atoms with Crippen LogP contribution in [-0.2, 0) is 13.0 Å². The summed E-state index contributed by atoms with van der Waals surface area (Å²) in [6, 6.07) is 8.27. The van der Waals surface area contributed by atoms with Crippen molar-refractivity contribution in [1.29, 1.82) is 0 Å². The van der Waals surface area contributed by atoms with Gasteiger partial charge >= 0.3 is 0 Å². The number of fused-ring (bicyclic) bond motifs is 1. The first-order valence-electron chi connectivity index (χ1n) is 6.41. The molecule has 1 unspecified atom stereocenters. The van der Waals surface area contributed by atoms with Gasteiger partial charge in [0.15, 0.2) is 5.82 Å². The van der Waals surface area contributed by atoms with Gasteiger partial charge in [0.2, 0.25) is 0 Å². The zero-order valence-electron chi connectivity index (χ0n) is 10.4. The largest absolute Gasteiger partial charge is 0.250 e. The minimum Gasteiger partial charge on any atom is -0.250 e. The fourth-order valence-electron chi connectivity index (χ4n) is 2.50. The standard InChI is InChI=1S/C14H16BrN3/c1-10-5-4-8-18-14(10)16-13(17-18)9-11-6-2-3-7-12(11)15/h2-3,6-7,10H,4-5,8-9H2,1H3. The van der Waals surface area contributed by atoms with Gasteiger partial charge in [-0.1, -0.05) is 41.1 Å². The maximum absolute atomic E-state index is 4.70. The molecule has 0 amide bonds. The summed E-state index contributed by atoms with van der Waals surface area (Å²) in [5.41, 5.74) is 1.24. The number of aromatic nitrogens is 3. The zero-order chi connectivity index (χ0) is 12.5. The van der Waals surface area contributed by atoms with E-state index in [1.807, 2.05) is 6.07 Å². The topological polar surface area (TPSA) is 30.7 Å². The van der Waals surface area contributed by atoms with Gasteiger partial charge in [0.25, 0.3) is 0 Å². The van der Waals surface area contributed by atoms with Crippen LogP contribution >= 0.6 is 15.9 Å². The molecule has 0 N–H and O–H groups in total. The lowest BCUT2D eigenvalue weighted by Gasteiger charge is -2.17. The predicted molar refractivity (Wildman–Crippen MR) is 74.6 cm³/mol. The van der Waals surface area contributed by atoms with E-state index in [9.17, 15) is 0 Å². The fraction of sp³-hybridized carbons (Fsp3) is 0.429. The molecule has 1 aliphatic heterocycles.